The molecule has 0 aromatic carbocycles. The number of carbonyl (C=O) groups is 1. The highest BCUT2D eigenvalue weighted by atomic mass is 32.1. The van der Waals surface area contributed by atoms with Gasteiger partial charge in [-0.3, -0.25) is 4.79 Å². The first kappa shape index (κ1) is 13.6. The van der Waals surface area contributed by atoms with Crippen LogP contribution in [0, 0.1) is 5.92 Å². The quantitative estimate of drug-likeness (QED) is 0.914. The van der Waals surface area contributed by atoms with Crippen LogP contribution in [0.1, 0.15) is 43.7 Å². The van der Waals surface area contributed by atoms with Gasteiger partial charge >= 0.3 is 0 Å². The molecule has 0 saturated heterocycles. The normalized spacial score (nSPS) is 20.9. The molecule has 1 aromatic rings. The summed E-state index contributed by atoms with van der Waals surface area (Å²) in [5.74, 6) is 0.564. The maximum Gasteiger partial charge on any atom is 0.240 e. The number of hydrogen-bond acceptors (Lipinski definition) is 3. The molecule has 0 bridgehead atoms. The van der Waals surface area contributed by atoms with Crippen LogP contribution < -0.4 is 5.73 Å². The first-order valence-electron chi connectivity index (χ1n) is 6.63. The number of nitrogens with zero attached hydrogens (tertiary/aromatic N) is 1. The fraction of sp³-hybridized carbons (Fsp3) is 0.643. The van der Waals surface area contributed by atoms with Gasteiger partial charge in [-0.1, -0.05) is 13.8 Å². The number of nitrogens with two attached hydrogens (primary N) is 1. The van der Waals surface area contributed by atoms with E-state index in [9.17, 15) is 4.79 Å². The second kappa shape index (κ2) is 5.41. The van der Waals surface area contributed by atoms with Gasteiger partial charge in [0.2, 0.25) is 5.91 Å². The summed E-state index contributed by atoms with van der Waals surface area (Å²) < 4.78 is 0. The van der Waals surface area contributed by atoms with Crippen LogP contribution >= 0.6 is 11.3 Å². The molecule has 2 heterocycles. The van der Waals surface area contributed by atoms with Crippen molar-refractivity contribution >= 4 is 17.2 Å². The Bertz CT molecular complexity index is 427. The number of amides is 1. The summed E-state index contributed by atoms with van der Waals surface area (Å²) in [4.78, 5) is 15.7. The van der Waals surface area contributed by atoms with Crippen molar-refractivity contribution in [2.24, 2.45) is 11.7 Å². The molecule has 3 nitrogen and oxygen atoms in total. The number of hydrogen-bond donors (Lipinski definition) is 1. The van der Waals surface area contributed by atoms with Crippen molar-refractivity contribution < 1.29 is 4.79 Å². The Morgan fingerprint density at radius 2 is 2.33 bits per heavy atom. The van der Waals surface area contributed by atoms with Gasteiger partial charge in [0.25, 0.3) is 0 Å². The lowest BCUT2D eigenvalue weighted by Gasteiger charge is -2.35. The lowest BCUT2D eigenvalue weighted by molar-refractivity contribution is -0.135. The fourth-order valence-electron chi connectivity index (χ4n) is 2.63. The van der Waals surface area contributed by atoms with Crippen molar-refractivity contribution in [3.63, 3.8) is 0 Å². The smallest absolute Gasteiger partial charge is 0.240 e. The monoisotopic (exact) mass is 266 g/mol. The van der Waals surface area contributed by atoms with Crippen molar-refractivity contribution in [1.29, 1.82) is 0 Å². The third kappa shape index (κ3) is 2.59. The first-order chi connectivity index (χ1) is 8.50. The Morgan fingerprint density at radius 3 is 3.00 bits per heavy atom. The van der Waals surface area contributed by atoms with E-state index in [1.54, 1.807) is 11.3 Å². The molecule has 0 saturated carbocycles. The molecule has 0 fully saturated rings. The molecule has 2 rings (SSSR count). The van der Waals surface area contributed by atoms with E-state index in [-0.39, 0.29) is 18.0 Å². The van der Waals surface area contributed by atoms with Crippen molar-refractivity contribution in [3.05, 3.63) is 21.9 Å². The second-order valence-electron chi connectivity index (χ2n) is 5.49. The molecule has 2 atom stereocenters. The molecule has 1 amide bonds. The van der Waals surface area contributed by atoms with Crippen LogP contribution in [0.5, 0.6) is 0 Å². The van der Waals surface area contributed by atoms with E-state index < -0.39 is 0 Å². The van der Waals surface area contributed by atoms with Crippen molar-refractivity contribution in [3.8, 4) is 0 Å². The highest BCUT2D eigenvalue weighted by Crippen LogP contribution is 2.33. The number of thiophene rings is 1. The summed E-state index contributed by atoms with van der Waals surface area (Å²) in [6, 6.07) is 1.95. The number of carbonyl (C=O) groups excluding carboxylic acids is 1. The van der Waals surface area contributed by atoms with E-state index in [1.807, 2.05) is 4.90 Å². The van der Waals surface area contributed by atoms with Crippen LogP contribution in [0.4, 0.5) is 0 Å². The zero-order chi connectivity index (χ0) is 13.3. The van der Waals surface area contributed by atoms with Gasteiger partial charge in [0, 0.05) is 11.4 Å². The van der Waals surface area contributed by atoms with Gasteiger partial charge in [0.05, 0.1) is 12.1 Å². The van der Waals surface area contributed by atoms with Gasteiger partial charge in [-0.05, 0) is 42.7 Å². The standard InChI is InChI=1S/C14H22N2OS/c1-9(2)8-12(15)14(17)16-6-4-13-11(10(16)3)5-7-18-13/h5,7,9-10,12H,4,6,8,15H2,1-3H3/t10?,12-/m1/s1. The molecule has 2 N–H and O–H groups in total. The Balaban J connectivity index is 2.09. The molecule has 1 aliphatic heterocycles. The molecule has 100 valence electrons. The van der Waals surface area contributed by atoms with Crippen LogP contribution in [0.25, 0.3) is 0 Å². The van der Waals surface area contributed by atoms with Crippen LogP contribution in [-0.2, 0) is 11.2 Å². The van der Waals surface area contributed by atoms with Gasteiger partial charge in [-0.15, -0.1) is 11.3 Å². The molecule has 4 heteroatoms. The molecule has 0 radical (unpaired) electrons. The Kier molecular flexibility index (Phi) is 4.07. The predicted molar refractivity (Wildman–Crippen MR) is 75.6 cm³/mol. The molecule has 1 aliphatic rings. The van der Waals surface area contributed by atoms with Gasteiger partial charge in [-0.25, -0.2) is 0 Å². The third-order valence-corrected chi connectivity index (χ3v) is 4.60. The van der Waals surface area contributed by atoms with Gasteiger partial charge in [-0.2, -0.15) is 0 Å². The Hall–Kier alpha value is -0.870. The maximum absolute atomic E-state index is 12.4. The summed E-state index contributed by atoms with van der Waals surface area (Å²) in [6.07, 6.45) is 1.73. The average Bonchev–Trinajstić information content (AvgIpc) is 2.76. The minimum Gasteiger partial charge on any atom is -0.334 e. The molecule has 1 unspecified atom stereocenters. The van der Waals surface area contributed by atoms with E-state index in [0.29, 0.717) is 5.92 Å². The topological polar surface area (TPSA) is 46.3 Å². The minimum atomic E-state index is -0.354. The summed E-state index contributed by atoms with van der Waals surface area (Å²) in [5.41, 5.74) is 7.32. The maximum atomic E-state index is 12.4. The fourth-order valence-corrected chi connectivity index (χ4v) is 3.59. The lowest BCUT2D eigenvalue weighted by Crippen LogP contribution is -2.47. The van der Waals surface area contributed by atoms with Gasteiger partial charge < -0.3 is 10.6 Å². The highest BCUT2D eigenvalue weighted by molar-refractivity contribution is 7.10. The molecule has 18 heavy (non-hydrogen) atoms. The lowest BCUT2D eigenvalue weighted by atomic mass is 9.98. The largest absolute Gasteiger partial charge is 0.334 e. The predicted octanol–water partition coefficient (Wildman–Crippen LogP) is 2.57. The number of fused-ring (bicyclic) bond motifs is 1. The Morgan fingerprint density at radius 1 is 1.61 bits per heavy atom. The molecular weight excluding hydrogens is 244 g/mol. The highest BCUT2D eigenvalue weighted by Gasteiger charge is 2.31. The summed E-state index contributed by atoms with van der Waals surface area (Å²) in [7, 11) is 0. The third-order valence-electron chi connectivity index (χ3n) is 3.60. The summed E-state index contributed by atoms with van der Waals surface area (Å²) in [5, 5.41) is 2.11. The molecule has 0 aliphatic carbocycles. The SMILES string of the molecule is CC(C)C[C@@H](N)C(=O)N1CCc2sccc2C1C. The molecular formula is C14H22N2OS. The van der Waals surface area contributed by atoms with Crippen LogP contribution in [0.3, 0.4) is 0 Å². The first-order valence-corrected chi connectivity index (χ1v) is 7.51. The molecule has 0 spiro atoms. The van der Waals surface area contributed by atoms with Crippen molar-refractivity contribution in [2.45, 2.75) is 45.7 Å². The van der Waals surface area contributed by atoms with E-state index in [4.69, 9.17) is 5.73 Å². The second-order valence-corrected chi connectivity index (χ2v) is 6.49. The summed E-state index contributed by atoms with van der Waals surface area (Å²) in [6.45, 7) is 7.11. The van der Waals surface area contributed by atoms with Crippen molar-refractivity contribution in [2.75, 3.05) is 6.54 Å². The van der Waals surface area contributed by atoms with Crippen LogP contribution in [-0.4, -0.2) is 23.4 Å². The van der Waals surface area contributed by atoms with Crippen molar-refractivity contribution in [1.82, 2.24) is 4.90 Å². The van der Waals surface area contributed by atoms with Crippen LogP contribution in [0.2, 0.25) is 0 Å². The van der Waals surface area contributed by atoms with E-state index in [2.05, 4.69) is 32.2 Å². The Labute approximate surface area is 113 Å². The molecule has 1 aromatic heterocycles. The van der Waals surface area contributed by atoms with E-state index in [0.717, 1.165) is 19.4 Å². The van der Waals surface area contributed by atoms with Gasteiger partial charge in [0.15, 0.2) is 0 Å². The number of rotatable bonds is 3. The average molecular weight is 266 g/mol. The van der Waals surface area contributed by atoms with Gasteiger partial charge in [0.1, 0.15) is 0 Å². The van der Waals surface area contributed by atoms with Crippen LogP contribution in [0.15, 0.2) is 11.4 Å². The minimum absolute atomic E-state index is 0.105. The zero-order valence-electron chi connectivity index (χ0n) is 11.3. The summed E-state index contributed by atoms with van der Waals surface area (Å²) >= 11 is 1.79. The zero-order valence-corrected chi connectivity index (χ0v) is 12.2. The van der Waals surface area contributed by atoms with E-state index >= 15 is 0 Å². The van der Waals surface area contributed by atoms with E-state index in [1.165, 1.54) is 10.4 Å².